The summed E-state index contributed by atoms with van der Waals surface area (Å²) < 4.78 is 1.20. The summed E-state index contributed by atoms with van der Waals surface area (Å²) in [6.45, 7) is 5.98. The Bertz CT molecular complexity index is 524. The summed E-state index contributed by atoms with van der Waals surface area (Å²) in [5, 5.41) is 3.87. The normalized spacial score (nSPS) is 34.1. The predicted octanol–water partition coefficient (Wildman–Crippen LogP) is 3.80. The van der Waals surface area contributed by atoms with Gasteiger partial charge in [0.05, 0.1) is 0 Å². The van der Waals surface area contributed by atoms with Gasteiger partial charge in [-0.2, -0.15) is 0 Å². The first-order chi connectivity index (χ1) is 10.1. The van der Waals surface area contributed by atoms with E-state index in [-0.39, 0.29) is 0 Å². The molecular weight excluding hydrogens is 324 g/mol. The molecule has 114 valence electrons. The van der Waals surface area contributed by atoms with E-state index >= 15 is 0 Å². The number of nitrogens with one attached hydrogen (secondary N) is 1. The maximum absolute atomic E-state index is 3.87. The van der Waals surface area contributed by atoms with Crippen molar-refractivity contribution in [2.45, 2.75) is 50.7 Å². The molecule has 21 heavy (non-hydrogen) atoms. The third kappa shape index (κ3) is 2.93. The summed E-state index contributed by atoms with van der Waals surface area (Å²) in [5.74, 6) is 1.84. The van der Waals surface area contributed by atoms with Crippen LogP contribution in [0.1, 0.15) is 38.2 Å². The molecule has 0 aromatic heterocycles. The fraction of sp³-hybridized carbons (Fsp3) is 0.667. The zero-order chi connectivity index (χ0) is 14.4. The largest absolute Gasteiger partial charge is 0.311 e. The highest BCUT2D eigenvalue weighted by Crippen LogP contribution is 2.46. The van der Waals surface area contributed by atoms with Crippen molar-refractivity contribution in [2.75, 3.05) is 13.1 Å². The molecule has 0 spiro atoms. The van der Waals surface area contributed by atoms with Crippen LogP contribution in [0.4, 0.5) is 0 Å². The number of halogens is 1. The molecule has 3 fully saturated rings. The van der Waals surface area contributed by atoms with Crippen LogP contribution in [0.2, 0.25) is 0 Å². The predicted molar refractivity (Wildman–Crippen MR) is 90.2 cm³/mol. The van der Waals surface area contributed by atoms with E-state index in [1.807, 2.05) is 0 Å². The first-order valence-electron chi connectivity index (χ1n) is 8.38. The Hall–Kier alpha value is -0.380. The molecular formula is C18H25BrN2. The van der Waals surface area contributed by atoms with Gasteiger partial charge in [-0.25, -0.2) is 0 Å². The second-order valence-corrected chi connectivity index (χ2v) is 8.38. The number of piperazine rings is 1. The Morgan fingerprint density at radius 1 is 1.29 bits per heavy atom. The first kappa shape index (κ1) is 14.2. The summed E-state index contributed by atoms with van der Waals surface area (Å²) in [7, 11) is 0. The molecule has 1 heterocycles. The Kier molecular flexibility index (Phi) is 3.63. The lowest BCUT2D eigenvalue weighted by molar-refractivity contribution is 0.0234. The van der Waals surface area contributed by atoms with Crippen LogP contribution in [0.3, 0.4) is 0 Å². The first-order valence-corrected chi connectivity index (χ1v) is 9.17. The second-order valence-electron chi connectivity index (χ2n) is 7.47. The molecule has 3 heteroatoms. The van der Waals surface area contributed by atoms with Crippen LogP contribution in [0, 0.1) is 11.8 Å². The highest BCUT2D eigenvalue weighted by Gasteiger charge is 2.49. The van der Waals surface area contributed by atoms with Crippen LogP contribution in [0.15, 0.2) is 28.7 Å². The fourth-order valence-corrected chi connectivity index (χ4v) is 4.43. The van der Waals surface area contributed by atoms with Gasteiger partial charge in [-0.3, -0.25) is 4.90 Å². The fourth-order valence-electron chi connectivity index (χ4n) is 3.98. The van der Waals surface area contributed by atoms with Crippen LogP contribution >= 0.6 is 15.9 Å². The minimum absolute atomic E-state index is 0.355. The van der Waals surface area contributed by atoms with Gasteiger partial charge in [0.25, 0.3) is 0 Å². The summed E-state index contributed by atoms with van der Waals surface area (Å²) in [5.41, 5.74) is 1.79. The van der Waals surface area contributed by atoms with Gasteiger partial charge >= 0.3 is 0 Å². The molecule has 2 unspecified atom stereocenters. The van der Waals surface area contributed by atoms with E-state index in [1.54, 1.807) is 0 Å². The van der Waals surface area contributed by atoms with Crippen molar-refractivity contribution in [1.29, 1.82) is 0 Å². The molecule has 1 aromatic carbocycles. The van der Waals surface area contributed by atoms with Crippen molar-refractivity contribution >= 4 is 15.9 Å². The lowest BCUT2D eigenvalue weighted by Crippen LogP contribution is -2.64. The monoisotopic (exact) mass is 348 g/mol. The van der Waals surface area contributed by atoms with Crippen LogP contribution in [0.5, 0.6) is 0 Å². The second kappa shape index (κ2) is 5.36. The standard InChI is InChI=1S/C18H25BrN2/c1-18(15-7-8-15)12-20-17(14-5-6-14)11-21(18)10-13-3-2-4-16(19)9-13/h2-4,9,14-15,17,20H,5-8,10-12H2,1H3. The van der Waals surface area contributed by atoms with Crippen LogP contribution in [-0.4, -0.2) is 29.6 Å². The molecule has 2 nitrogen and oxygen atoms in total. The Morgan fingerprint density at radius 2 is 2.10 bits per heavy atom. The van der Waals surface area contributed by atoms with Crippen molar-refractivity contribution in [2.24, 2.45) is 11.8 Å². The summed E-state index contributed by atoms with van der Waals surface area (Å²) in [4.78, 5) is 2.78. The van der Waals surface area contributed by atoms with Crippen LogP contribution < -0.4 is 5.32 Å². The van der Waals surface area contributed by atoms with Gasteiger partial charge in [-0.1, -0.05) is 28.1 Å². The van der Waals surface area contributed by atoms with E-state index in [2.05, 4.69) is 57.3 Å². The van der Waals surface area contributed by atoms with E-state index in [4.69, 9.17) is 0 Å². The Morgan fingerprint density at radius 3 is 2.76 bits per heavy atom. The van der Waals surface area contributed by atoms with Gasteiger partial charge in [0.1, 0.15) is 0 Å². The maximum Gasteiger partial charge on any atom is 0.0338 e. The van der Waals surface area contributed by atoms with Crippen molar-refractivity contribution in [3.05, 3.63) is 34.3 Å². The van der Waals surface area contributed by atoms with Crippen LogP contribution in [-0.2, 0) is 6.54 Å². The minimum Gasteiger partial charge on any atom is -0.311 e. The van der Waals surface area contributed by atoms with E-state index in [0.717, 1.165) is 24.4 Å². The van der Waals surface area contributed by atoms with Crippen molar-refractivity contribution in [3.8, 4) is 0 Å². The lowest BCUT2D eigenvalue weighted by atomic mass is 9.88. The quantitative estimate of drug-likeness (QED) is 0.890. The third-order valence-electron chi connectivity index (χ3n) is 5.77. The average molecular weight is 349 g/mol. The molecule has 4 rings (SSSR count). The Labute approximate surface area is 136 Å². The molecule has 0 radical (unpaired) electrons. The molecule has 2 atom stereocenters. The van der Waals surface area contributed by atoms with Crippen molar-refractivity contribution in [1.82, 2.24) is 10.2 Å². The molecule has 1 N–H and O–H groups in total. The molecule has 0 bridgehead atoms. The molecule has 3 aliphatic rings. The summed E-state index contributed by atoms with van der Waals surface area (Å²) in [6, 6.07) is 9.56. The number of rotatable bonds is 4. The third-order valence-corrected chi connectivity index (χ3v) is 6.27. The van der Waals surface area contributed by atoms with Gasteiger partial charge in [-0.05, 0) is 62.1 Å². The summed E-state index contributed by atoms with van der Waals surface area (Å²) in [6.07, 6.45) is 5.70. The van der Waals surface area contributed by atoms with Gasteiger partial charge in [0, 0.05) is 35.7 Å². The number of hydrogen-bond donors (Lipinski definition) is 1. The molecule has 2 aliphatic carbocycles. The van der Waals surface area contributed by atoms with Gasteiger partial charge < -0.3 is 5.32 Å². The van der Waals surface area contributed by atoms with Gasteiger partial charge in [-0.15, -0.1) is 0 Å². The molecule has 2 saturated carbocycles. The van der Waals surface area contributed by atoms with E-state index in [9.17, 15) is 0 Å². The highest BCUT2D eigenvalue weighted by molar-refractivity contribution is 9.10. The smallest absolute Gasteiger partial charge is 0.0338 e. The van der Waals surface area contributed by atoms with Gasteiger partial charge in [0.15, 0.2) is 0 Å². The SMILES string of the molecule is CC1(C2CC2)CNC(C2CC2)CN1Cc1cccc(Br)c1. The lowest BCUT2D eigenvalue weighted by Gasteiger charge is -2.49. The topological polar surface area (TPSA) is 15.3 Å². The van der Waals surface area contributed by atoms with Crippen LogP contribution in [0.25, 0.3) is 0 Å². The average Bonchev–Trinajstić information content (AvgIpc) is 3.33. The summed E-state index contributed by atoms with van der Waals surface area (Å²) >= 11 is 3.61. The van der Waals surface area contributed by atoms with E-state index in [1.165, 1.54) is 48.8 Å². The highest BCUT2D eigenvalue weighted by atomic mass is 79.9. The molecule has 0 amide bonds. The zero-order valence-electron chi connectivity index (χ0n) is 12.8. The van der Waals surface area contributed by atoms with Crippen molar-refractivity contribution in [3.63, 3.8) is 0 Å². The van der Waals surface area contributed by atoms with Crippen molar-refractivity contribution < 1.29 is 0 Å². The maximum atomic E-state index is 3.87. The molecule has 1 aromatic rings. The Balaban J connectivity index is 1.54. The van der Waals surface area contributed by atoms with Gasteiger partial charge in [0.2, 0.25) is 0 Å². The molecule has 1 aliphatic heterocycles. The number of nitrogens with zero attached hydrogens (tertiary/aromatic N) is 1. The van der Waals surface area contributed by atoms with E-state index < -0.39 is 0 Å². The zero-order valence-corrected chi connectivity index (χ0v) is 14.4. The molecule has 1 saturated heterocycles. The number of benzene rings is 1. The van der Waals surface area contributed by atoms with E-state index in [0.29, 0.717) is 5.54 Å². The number of hydrogen-bond acceptors (Lipinski definition) is 2. The minimum atomic E-state index is 0.355.